The van der Waals surface area contributed by atoms with E-state index in [0.717, 1.165) is 36.0 Å². The van der Waals surface area contributed by atoms with Gasteiger partial charge in [-0.05, 0) is 66.5 Å². The first kappa shape index (κ1) is 47.3. The van der Waals surface area contributed by atoms with E-state index < -0.39 is 46.5 Å². The summed E-state index contributed by atoms with van der Waals surface area (Å²) in [5.74, 6) is 7.28. The average Bonchev–Trinajstić information content (AvgIpc) is 3.48. The number of nitrogens with zero attached hydrogens (tertiary/aromatic N) is 8. The number of aliphatic hydroxyl groups excluding tert-OH is 4. The lowest BCUT2D eigenvalue weighted by Gasteiger charge is -2.23. The Morgan fingerprint density at radius 2 is 1.50 bits per heavy atom. The Hall–Kier alpha value is -5.19. The molecule has 3 unspecified atom stereocenters. The number of rotatable bonds is 14. The van der Waals surface area contributed by atoms with E-state index in [1.165, 1.54) is 18.1 Å². The molecule has 0 amide bonds. The minimum atomic E-state index is -1.15. The number of anilines is 2. The number of aliphatic hydroxyl groups is 4. The number of imidazole rings is 2. The van der Waals surface area contributed by atoms with Crippen LogP contribution in [-0.2, 0) is 22.7 Å². The topological polar surface area (TPSA) is 226 Å². The summed E-state index contributed by atoms with van der Waals surface area (Å²) < 4.78 is 3.43. The van der Waals surface area contributed by atoms with E-state index >= 15 is 0 Å². The van der Waals surface area contributed by atoms with E-state index in [0.29, 0.717) is 77.2 Å². The molecule has 0 radical (unpaired) electrons. The van der Waals surface area contributed by atoms with Crippen LogP contribution in [0, 0.1) is 30.1 Å². The summed E-state index contributed by atoms with van der Waals surface area (Å²) in [5, 5.41) is 48.7. The Balaban J connectivity index is 0.000000182. The third kappa shape index (κ3) is 9.24. The van der Waals surface area contributed by atoms with Crippen LogP contribution in [-0.4, -0.2) is 101 Å². The van der Waals surface area contributed by atoms with Crippen LogP contribution in [0.3, 0.4) is 0 Å². The molecule has 2 saturated carbocycles. The summed E-state index contributed by atoms with van der Waals surface area (Å²) in [4.78, 5) is 51.6. The van der Waals surface area contributed by atoms with Gasteiger partial charge < -0.3 is 35.6 Å². The van der Waals surface area contributed by atoms with E-state index in [2.05, 4.69) is 65.4 Å². The molecule has 1 saturated heterocycles. The summed E-state index contributed by atoms with van der Waals surface area (Å²) in [6, 6.07) is 15.2. The Morgan fingerprint density at radius 3 is 2.17 bits per heavy atom. The predicted octanol–water partition coefficient (Wildman–Crippen LogP) is 6.61. The number of aryl methyl sites for hydroxylation is 1. The van der Waals surface area contributed by atoms with Gasteiger partial charge in [0.2, 0.25) is 11.1 Å². The summed E-state index contributed by atoms with van der Waals surface area (Å²) in [7, 11) is 0. The van der Waals surface area contributed by atoms with Gasteiger partial charge in [0.05, 0.1) is 35.5 Å². The maximum absolute atomic E-state index is 12.7. The average molecular weight is 956 g/mol. The van der Waals surface area contributed by atoms with Crippen LogP contribution < -0.4 is 10.6 Å². The molecule has 19 heteroatoms. The molecule has 9 atom stereocenters. The summed E-state index contributed by atoms with van der Waals surface area (Å²) in [6.45, 7) is 8.68. The van der Waals surface area contributed by atoms with Crippen molar-refractivity contribution < 1.29 is 30.0 Å². The normalized spacial score (nSPS) is 25.2. The van der Waals surface area contributed by atoms with Gasteiger partial charge in [-0.25, -0.2) is 19.9 Å². The van der Waals surface area contributed by atoms with Crippen LogP contribution in [0.4, 0.5) is 11.6 Å². The molecular formula is C47H52Cl2N10O6S. The number of thioether (sulfide) groups is 1. The Labute approximate surface area is 396 Å². The highest BCUT2D eigenvalue weighted by Gasteiger charge is 2.74. The highest BCUT2D eigenvalue weighted by molar-refractivity contribution is 8.01. The first-order valence-electron chi connectivity index (χ1n) is 22.1. The number of hydrogen-bond donors (Lipinski definition) is 6. The van der Waals surface area contributed by atoms with Crippen molar-refractivity contribution in [2.75, 3.05) is 10.6 Å². The quantitative estimate of drug-likeness (QED) is 0.0384. The minimum Gasteiger partial charge on any atom is -0.389 e. The van der Waals surface area contributed by atoms with Gasteiger partial charge in [-0.1, -0.05) is 86.7 Å². The number of nitrogens with one attached hydrogen (secondary N) is 2. The van der Waals surface area contributed by atoms with Crippen molar-refractivity contribution in [3.8, 4) is 11.8 Å². The highest BCUT2D eigenvalue weighted by Crippen LogP contribution is 2.68. The fourth-order valence-electron chi connectivity index (χ4n) is 9.09. The lowest BCUT2D eigenvalue weighted by atomic mass is 9.92. The molecule has 346 valence electrons. The molecule has 6 N–H and O–H groups in total. The maximum atomic E-state index is 12.7. The van der Waals surface area contributed by atoms with Gasteiger partial charge in [0.1, 0.15) is 35.3 Å². The van der Waals surface area contributed by atoms with Gasteiger partial charge in [-0.2, -0.15) is 9.97 Å². The van der Waals surface area contributed by atoms with Crippen molar-refractivity contribution in [3.63, 3.8) is 0 Å². The molecule has 3 fully saturated rings. The number of unbranched alkanes of at least 4 members (excludes halogenated alkanes) is 2. The predicted molar refractivity (Wildman–Crippen MR) is 254 cm³/mol. The molecule has 0 spiro atoms. The van der Waals surface area contributed by atoms with Crippen molar-refractivity contribution in [3.05, 3.63) is 94.0 Å². The third-order valence-electron chi connectivity index (χ3n) is 12.6. The molecule has 4 aromatic heterocycles. The number of aromatic nitrogens is 8. The number of carbonyl (C=O) groups excluding carboxylic acids is 2. The number of fused-ring (bicyclic) bond motifs is 3. The van der Waals surface area contributed by atoms with E-state index in [1.54, 1.807) is 29.3 Å². The Morgan fingerprint density at radius 1 is 0.833 bits per heavy atom. The first-order valence-corrected chi connectivity index (χ1v) is 23.8. The molecule has 3 aliphatic rings. The molecule has 66 heavy (non-hydrogen) atoms. The largest absolute Gasteiger partial charge is 0.389 e. The monoisotopic (exact) mass is 954 g/mol. The van der Waals surface area contributed by atoms with E-state index in [9.17, 15) is 30.0 Å². The molecule has 9 rings (SSSR count). The van der Waals surface area contributed by atoms with Crippen LogP contribution in [0.25, 0.3) is 22.3 Å². The van der Waals surface area contributed by atoms with Crippen LogP contribution in [0.2, 0.25) is 10.3 Å². The van der Waals surface area contributed by atoms with Crippen molar-refractivity contribution in [1.29, 1.82) is 0 Å². The summed E-state index contributed by atoms with van der Waals surface area (Å²) in [5.41, 5.74) is 4.33. The first-order chi connectivity index (χ1) is 31.8. The van der Waals surface area contributed by atoms with Gasteiger partial charge in [0.25, 0.3) is 0 Å². The van der Waals surface area contributed by atoms with Crippen molar-refractivity contribution in [2.45, 2.75) is 120 Å². The maximum Gasteiger partial charge on any atom is 0.226 e. The van der Waals surface area contributed by atoms with Crippen LogP contribution >= 0.6 is 35.0 Å². The molecule has 2 aromatic carbocycles. The number of carbonyl (C=O) groups is 2. The van der Waals surface area contributed by atoms with E-state index in [-0.39, 0.29) is 22.8 Å². The highest BCUT2D eigenvalue weighted by atomic mass is 35.5. The number of ketones is 2. The number of Topliss-reactive ketones (excluding diaryl/α,β-unsaturated/α-hetero) is 2. The summed E-state index contributed by atoms with van der Waals surface area (Å²) in [6.07, 6.45) is 2.63. The van der Waals surface area contributed by atoms with Crippen molar-refractivity contribution in [1.82, 2.24) is 39.0 Å². The molecule has 0 bridgehead atoms. The smallest absolute Gasteiger partial charge is 0.226 e. The van der Waals surface area contributed by atoms with Crippen LogP contribution in [0.5, 0.6) is 0 Å². The zero-order valence-corrected chi connectivity index (χ0v) is 39.2. The Kier molecular flexibility index (Phi) is 14.3. The zero-order valence-electron chi connectivity index (χ0n) is 36.9. The van der Waals surface area contributed by atoms with Gasteiger partial charge in [-0.3, -0.25) is 14.2 Å². The van der Waals surface area contributed by atoms with Crippen LogP contribution in [0.1, 0.15) is 93.2 Å². The fourth-order valence-corrected chi connectivity index (χ4v) is 11.0. The number of halogens is 2. The fraction of sp³-hybridized carbons (Fsp3) is 0.447. The molecule has 6 aromatic rings. The van der Waals surface area contributed by atoms with Gasteiger partial charge >= 0.3 is 0 Å². The van der Waals surface area contributed by atoms with Crippen molar-refractivity contribution >= 4 is 80.5 Å². The summed E-state index contributed by atoms with van der Waals surface area (Å²) >= 11 is 13.5. The second kappa shape index (κ2) is 20.0. The lowest BCUT2D eigenvalue weighted by Crippen LogP contribution is -2.37. The zero-order chi connectivity index (χ0) is 46.9. The van der Waals surface area contributed by atoms with Gasteiger partial charge in [0, 0.05) is 37.4 Å². The SMILES string of the molecule is CCC(=O)[C@H]1S[C@@H](n2cnc3c(NCc4cccc(C)c4)nc(Cl)nc32)[C@@H](O)C1O.CCCCC#Cc1nc(NCc2cccc(Cl)c2)c2ncn([C@@H]3C4C[C@@]4(C(=O)CC)C(O)[C@@H]3O)c2n1. The second-order valence-electron chi connectivity index (χ2n) is 16.9. The number of benzene rings is 2. The second-order valence-corrected chi connectivity index (χ2v) is 19.0. The Bertz CT molecular complexity index is 2830. The van der Waals surface area contributed by atoms with Crippen LogP contribution in [0.15, 0.2) is 61.2 Å². The third-order valence-corrected chi connectivity index (χ3v) is 14.6. The molecule has 2 aliphatic carbocycles. The standard InChI is InChI=1S/C27H30ClN5O3.C20H22ClN5O3S/c1-3-5-6-7-11-20-31-25(29-14-16-9-8-10-17(28)12-16)21-26(32-20)33(15-30-21)22-18-13-27(18,19(34)4-2)24(36)23(22)35;1-3-12(27)16-14(28)15(29)19(30-16)26-9-23-13-17(24-20(21)25-18(13)26)22-8-11-6-4-5-10(2)7-11/h8-10,12,15,18,22-24,35-36H,3-6,13-14H2,1-2H3,(H,29,31,32);4-7,9,14-16,19,28-29H,3,8H2,1-2H3,(H,22,24,25)/t18?,22-,23-,24?,27-;14?,15-,16+,19+/m10/s1. The molecule has 1 aliphatic heterocycles. The van der Waals surface area contributed by atoms with Gasteiger partial charge in [-0.15, -0.1) is 11.8 Å². The van der Waals surface area contributed by atoms with E-state index in [4.69, 9.17) is 23.2 Å². The van der Waals surface area contributed by atoms with Gasteiger partial charge in [0.15, 0.2) is 34.0 Å². The number of hydrogen-bond acceptors (Lipinski definition) is 15. The molecule has 5 heterocycles. The molecular weight excluding hydrogens is 904 g/mol. The van der Waals surface area contributed by atoms with E-state index in [1.807, 2.05) is 49.4 Å². The molecule has 16 nitrogen and oxygen atoms in total. The van der Waals surface area contributed by atoms with Crippen molar-refractivity contribution in [2.24, 2.45) is 11.3 Å². The minimum absolute atomic E-state index is 0.00745. The lowest BCUT2D eigenvalue weighted by molar-refractivity contribution is -0.130.